The molecule has 1 saturated heterocycles. The molecule has 5 nitrogen and oxygen atoms in total. The van der Waals surface area contributed by atoms with E-state index in [1.165, 1.54) is 24.3 Å². The van der Waals surface area contributed by atoms with Gasteiger partial charge in [-0.25, -0.2) is 9.38 Å². The second kappa shape index (κ2) is 6.13. The molecule has 1 aliphatic heterocycles. The van der Waals surface area contributed by atoms with Crippen molar-refractivity contribution in [1.82, 2.24) is 5.32 Å². The minimum atomic E-state index is -0.476. The number of amides is 1. The normalized spacial score (nSPS) is 17.7. The number of nitrogens with one attached hydrogen (secondary N) is 1. The molecule has 0 bridgehead atoms. The second-order valence-corrected chi connectivity index (χ2v) is 5.71. The van der Waals surface area contributed by atoms with Gasteiger partial charge in [-0.2, -0.15) is 0 Å². The fourth-order valence-electron chi connectivity index (χ4n) is 1.91. The highest BCUT2D eigenvalue weighted by Crippen LogP contribution is 2.31. The number of thioether (sulfide) groups is 1. The Labute approximate surface area is 135 Å². The van der Waals surface area contributed by atoms with Crippen molar-refractivity contribution in [3.05, 3.63) is 58.8 Å². The van der Waals surface area contributed by atoms with E-state index in [4.69, 9.17) is 0 Å². The molecule has 0 saturated carbocycles. The standard InChI is InChI=1S/C16H11FN2O3S/c17-10-3-1-2-4-11(10)18-16-19-15(22)14(23-16)8-9-5-6-12(20)13(21)7-9/h1-8,20-21H,(H,18,19,22). The number of phenols is 2. The van der Waals surface area contributed by atoms with Crippen molar-refractivity contribution in [2.24, 2.45) is 4.99 Å². The van der Waals surface area contributed by atoms with E-state index in [2.05, 4.69) is 10.3 Å². The minimum Gasteiger partial charge on any atom is -0.504 e. The van der Waals surface area contributed by atoms with Gasteiger partial charge in [0.15, 0.2) is 16.7 Å². The third kappa shape index (κ3) is 3.35. The zero-order chi connectivity index (χ0) is 16.4. The van der Waals surface area contributed by atoms with Crippen molar-refractivity contribution in [1.29, 1.82) is 0 Å². The number of hydrogen-bond donors (Lipinski definition) is 3. The molecule has 0 radical (unpaired) electrons. The third-order valence-electron chi connectivity index (χ3n) is 3.02. The number of amidine groups is 1. The topological polar surface area (TPSA) is 81.9 Å². The maximum absolute atomic E-state index is 13.6. The lowest BCUT2D eigenvalue weighted by atomic mass is 10.2. The third-order valence-corrected chi connectivity index (χ3v) is 3.93. The van der Waals surface area contributed by atoms with Gasteiger partial charge < -0.3 is 15.5 Å². The molecular formula is C16H11FN2O3S. The van der Waals surface area contributed by atoms with Gasteiger partial charge >= 0.3 is 0 Å². The average molecular weight is 330 g/mol. The van der Waals surface area contributed by atoms with Gasteiger partial charge in [0, 0.05) is 0 Å². The number of hydrogen-bond acceptors (Lipinski definition) is 5. The molecular weight excluding hydrogens is 319 g/mol. The predicted molar refractivity (Wildman–Crippen MR) is 87.0 cm³/mol. The van der Waals surface area contributed by atoms with E-state index in [-0.39, 0.29) is 28.3 Å². The van der Waals surface area contributed by atoms with Crippen LogP contribution in [0.5, 0.6) is 11.5 Å². The Balaban J connectivity index is 1.86. The second-order valence-electron chi connectivity index (χ2n) is 4.68. The van der Waals surface area contributed by atoms with E-state index in [0.29, 0.717) is 10.5 Å². The highest BCUT2D eigenvalue weighted by molar-refractivity contribution is 8.18. The van der Waals surface area contributed by atoms with Crippen LogP contribution in [-0.4, -0.2) is 21.3 Å². The number of nitrogens with zero attached hydrogens (tertiary/aromatic N) is 1. The zero-order valence-corrected chi connectivity index (χ0v) is 12.5. The number of carbonyl (C=O) groups excluding carboxylic acids is 1. The van der Waals surface area contributed by atoms with Crippen LogP contribution < -0.4 is 5.32 Å². The molecule has 2 aromatic rings. The summed E-state index contributed by atoms with van der Waals surface area (Å²) in [7, 11) is 0. The Morgan fingerprint density at radius 2 is 1.91 bits per heavy atom. The zero-order valence-electron chi connectivity index (χ0n) is 11.7. The molecule has 1 fully saturated rings. The predicted octanol–water partition coefficient (Wildman–Crippen LogP) is 3.13. The number of phenolic OH excluding ortho intramolecular Hbond substituents is 2. The van der Waals surface area contributed by atoms with Crippen LogP contribution in [0.3, 0.4) is 0 Å². The summed E-state index contributed by atoms with van der Waals surface area (Å²) in [6.07, 6.45) is 1.54. The van der Waals surface area contributed by atoms with Crippen molar-refractivity contribution >= 4 is 34.6 Å². The number of halogens is 1. The molecule has 0 aromatic heterocycles. The van der Waals surface area contributed by atoms with Gasteiger partial charge in [-0.05, 0) is 47.7 Å². The van der Waals surface area contributed by atoms with Crippen LogP contribution in [0.1, 0.15) is 5.56 Å². The maximum Gasteiger partial charge on any atom is 0.264 e. The van der Waals surface area contributed by atoms with Gasteiger partial charge in [-0.15, -0.1) is 0 Å². The monoisotopic (exact) mass is 330 g/mol. The number of aromatic hydroxyl groups is 2. The van der Waals surface area contributed by atoms with Crippen LogP contribution in [0, 0.1) is 5.82 Å². The van der Waals surface area contributed by atoms with E-state index in [1.807, 2.05) is 0 Å². The summed E-state index contributed by atoms with van der Waals surface area (Å²) >= 11 is 1.07. The van der Waals surface area contributed by atoms with E-state index in [0.717, 1.165) is 11.8 Å². The van der Waals surface area contributed by atoms with E-state index in [9.17, 15) is 19.4 Å². The molecule has 3 N–H and O–H groups in total. The van der Waals surface area contributed by atoms with Gasteiger partial charge in [0.05, 0.1) is 4.91 Å². The summed E-state index contributed by atoms with van der Waals surface area (Å²) < 4.78 is 13.6. The molecule has 0 spiro atoms. The van der Waals surface area contributed by atoms with Crippen LogP contribution in [0.25, 0.3) is 6.08 Å². The van der Waals surface area contributed by atoms with Gasteiger partial charge in [0.1, 0.15) is 11.5 Å². The summed E-state index contributed by atoms with van der Waals surface area (Å²) in [4.78, 5) is 16.4. The Bertz CT molecular complexity index is 849. The summed E-state index contributed by atoms with van der Waals surface area (Å²) in [6.45, 7) is 0. The van der Waals surface area contributed by atoms with Crippen LogP contribution in [0.4, 0.5) is 10.1 Å². The first-order chi connectivity index (χ1) is 11.0. The molecule has 3 rings (SSSR count). The Morgan fingerprint density at radius 1 is 1.13 bits per heavy atom. The maximum atomic E-state index is 13.6. The molecule has 7 heteroatoms. The van der Waals surface area contributed by atoms with Crippen LogP contribution >= 0.6 is 11.8 Å². The largest absolute Gasteiger partial charge is 0.504 e. The van der Waals surface area contributed by atoms with Gasteiger partial charge in [0.25, 0.3) is 5.91 Å². The Kier molecular flexibility index (Phi) is 4.03. The highest BCUT2D eigenvalue weighted by Gasteiger charge is 2.24. The lowest BCUT2D eigenvalue weighted by Crippen LogP contribution is -2.19. The van der Waals surface area contributed by atoms with Crippen molar-refractivity contribution in [2.45, 2.75) is 0 Å². The van der Waals surface area contributed by atoms with Crippen LogP contribution in [0.15, 0.2) is 52.4 Å². The molecule has 0 atom stereocenters. The lowest BCUT2D eigenvalue weighted by Gasteiger charge is -1.99. The molecule has 1 aliphatic rings. The summed E-state index contributed by atoms with van der Waals surface area (Å²) in [5.74, 6) is -1.35. The van der Waals surface area contributed by atoms with E-state index < -0.39 is 5.82 Å². The van der Waals surface area contributed by atoms with Gasteiger partial charge in [0.2, 0.25) is 0 Å². The highest BCUT2D eigenvalue weighted by atomic mass is 32.2. The smallest absolute Gasteiger partial charge is 0.264 e. The Morgan fingerprint density at radius 3 is 2.65 bits per heavy atom. The first-order valence-electron chi connectivity index (χ1n) is 6.59. The number of para-hydroxylation sites is 1. The molecule has 0 unspecified atom stereocenters. The number of aliphatic imine (C=N–C) groups is 1. The van der Waals surface area contributed by atoms with Gasteiger partial charge in [-0.1, -0.05) is 18.2 Å². The lowest BCUT2D eigenvalue weighted by molar-refractivity contribution is -0.115. The van der Waals surface area contributed by atoms with Crippen LogP contribution in [-0.2, 0) is 4.79 Å². The van der Waals surface area contributed by atoms with Crippen molar-refractivity contribution < 1.29 is 19.4 Å². The minimum absolute atomic E-state index is 0.138. The fourth-order valence-corrected chi connectivity index (χ4v) is 2.75. The fraction of sp³-hybridized carbons (Fsp3) is 0. The quantitative estimate of drug-likeness (QED) is 0.584. The van der Waals surface area contributed by atoms with Crippen LogP contribution in [0.2, 0.25) is 0 Å². The molecule has 116 valence electrons. The van der Waals surface area contributed by atoms with Gasteiger partial charge in [-0.3, -0.25) is 4.79 Å². The SMILES string of the molecule is O=C1NC(=Nc2ccccc2F)SC1=Cc1ccc(O)c(O)c1. The van der Waals surface area contributed by atoms with Crippen molar-refractivity contribution in [3.63, 3.8) is 0 Å². The molecule has 1 amide bonds. The average Bonchev–Trinajstić information content (AvgIpc) is 2.85. The van der Waals surface area contributed by atoms with Crippen molar-refractivity contribution in [3.8, 4) is 11.5 Å². The molecule has 0 aliphatic carbocycles. The number of rotatable bonds is 2. The molecule has 23 heavy (non-hydrogen) atoms. The summed E-state index contributed by atoms with van der Waals surface area (Å²) in [5.41, 5.74) is 0.684. The Hall–Kier alpha value is -2.80. The number of carbonyl (C=O) groups is 1. The van der Waals surface area contributed by atoms with Crippen molar-refractivity contribution in [2.75, 3.05) is 0 Å². The molecule has 1 heterocycles. The molecule has 2 aromatic carbocycles. The first kappa shape index (κ1) is 15.1. The summed E-state index contributed by atoms with van der Waals surface area (Å²) in [6, 6.07) is 10.2. The van der Waals surface area contributed by atoms with E-state index >= 15 is 0 Å². The number of benzene rings is 2. The first-order valence-corrected chi connectivity index (χ1v) is 7.41. The summed E-state index contributed by atoms with van der Waals surface area (Å²) in [5, 5.41) is 21.6. The van der Waals surface area contributed by atoms with E-state index in [1.54, 1.807) is 24.3 Å².